The first-order valence-electron chi connectivity index (χ1n) is 9.63. The van der Waals surface area contributed by atoms with Gasteiger partial charge in [-0.3, -0.25) is 4.79 Å². The topological polar surface area (TPSA) is 75.0 Å². The van der Waals surface area contributed by atoms with E-state index in [4.69, 9.17) is 18.6 Å². The fraction of sp³-hybridized carbons (Fsp3) is 0.0833. The highest BCUT2D eigenvalue weighted by Gasteiger charge is 2.40. The largest absolute Gasteiger partial charge is 0.497 e. The Balaban J connectivity index is 1.73. The maximum absolute atomic E-state index is 13.7. The number of carbonyl (C=O) groups excluding carboxylic acids is 1. The molecule has 0 saturated carbocycles. The monoisotopic (exact) mass is 474 g/mol. The normalized spacial score (nSPS) is 11.3. The molecule has 0 bridgehead atoms. The lowest BCUT2D eigenvalue weighted by Crippen LogP contribution is -2.15. The predicted octanol–water partition coefficient (Wildman–Crippen LogP) is 5.97. The number of benzene rings is 3. The number of esters is 1. The summed E-state index contributed by atoms with van der Waals surface area (Å²) in [5, 5.41) is -0.234. The molecule has 0 spiro atoms. The zero-order valence-electron chi connectivity index (χ0n) is 17.3. The number of hydrogen-bond donors (Lipinski definition) is 0. The van der Waals surface area contributed by atoms with Crippen molar-refractivity contribution in [3.8, 4) is 23.0 Å². The van der Waals surface area contributed by atoms with Crippen molar-refractivity contribution in [3.63, 3.8) is 0 Å². The molecule has 3 aromatic carbocycles. The van der Waals surface area contributed by atoms with E-state index in [1.54, 1.807) is 0 Å². The smallest absolute Gasteiger partial charge is 0.453 e. The number of ether oxygens (including phenoxy) is 3. The molecule has 0 fully saturated rings. The average molecular weight is 474 g/mol. The van der Waals surface area contributed by atoms with E-state index in [-0.39, 0.29) is 22.4 Å². The molecule has 0 aliphatic rings. The minimum Gasteiger partial charge on any atom is -0.497 e. The molecular weight excluding hydrogens is 460 g/mol. The molecule has 0 aliphatic carbocycles. The molecule has 1 heterocycles. The molecule has 0 amide bonds. The van der Waals surface area contributed by atoms with E-state index in [2.05, 4.69) is 0 Å². The van der Waals surface area contributed by atoms with Crippen LogP contribution in [0.1, 0.15) is 16.1 Å². The van der Waals surface area contributed by atoms with Gasteiger partial charge in [-0.1, -0.05) is 6.07 Å². The molecule has 4 aromatic rings. The van der Waals surface area contributed by atoms with E-state index < -0.39 is 40.5 Å². The highest BCUT2D eigenvalue weighted by Crippen LogP contribution is 2.39. The first kappa shape index (κ1) is 22.8. The van der Waals surface area contributed by atoms with Crippen molar-refractivity contribution in [1.82, 2.24) is 0 Å². The van der Waals surface area contributed by atoms with Crippen LogP contribution in [-0.2, 0) is 6.18 Å². The van der Waals surface area contributed by atoms with Gasteiger partial charge in [0.15, 0.2) is 0 Å². The van der Waals surface area contributed by atoms with Gasteiger partial charge in [-0.05, 0) is 54.6 Å². The van der Waals surface area contributed by atoms with Crippen LogP contribution in [0.15, 0.2) is 75.9 Å². The van der Waals surface area contributed by atoms with E-state index in [9.17, 15) is 27.2 Å². The molecule has 4 rings (SSSR count). The van der Waals surface area contributed by atoms with E-state index in [1.165, 1.54) is 49.6 Å². The highest BCUT2D eigenvalue weighted by molar-refractivity contribution is 5.91. The van der Waals surface area contributed by atoms with Crippen LogP contribution in [-0.4, -0.2) is 13.1 Å². The summed E-state index contributed by atoms with van der Waals surface area (Å²) in [4.78, 5) is 25.1. The van der Waals surface area contributed by atoms with Gasteiger partial charge in [-0.15, -0.1) is 0 Å². The lowest BCUT2D eigenvalue weighted by Gasteiger charge is -2.14. The fourth-order valence-electron chi connectivity index (χ4n) is 3.04. The molecule has 0 unspecified atom stereocenters. The summed E-state index contributed by atoms with van der Waals surface area (Å²) in [5.41, 5.74) is -1.67. The summed E-state index contributed by atoms with van der Waals surface area (Å²) in [6.07, 6.45) is -5.07. The Morgan fingerprint density at radius 3 is 2.24 bits per heavy atom. The van der Waals surface area contributed by atoms with Crippen molar-refractivity contribution in [1.29, 1.82) is 0 Å². The van der Waals surface area contributed by atoms with Crippen LogP contribution in [0.4, 0.5) is 17.6 Å². The van der Waals surface area contributed by atoms with E-state index >= 15 is 0 Å². The number of carbonyl (C=O) groups is 1. The van der Waals surface area contributed by atoms with Gasteiger partial charge < -0.3 is 18.6 Å². The second-order valence-electron chi connectivity index (χ2n) is 6.92. The van der Waals surface area contributed by atoms with Gasteiger partial charge in [0.05, 0.1) is 18.1 Å². The molecule has 10 heteroatoms. The first-order valence-corrected chi connectivity index (χ1v) is 9.63. The molecule has 0 saturated heterocycles. The van der Waals surface area contributed by atoms with Crippen LogP contribution in [0.25, 0.3) is 11.0 Å². The lowest BCUT2D eigenvalue weighted by atomic mass is 10.2. The van der Waals surface area contributed by atoms with Crippen LogP contribution >= 0.6 is 0 Å². The molecule has 174 valence electrons. The van der Waals surface area contributed by atoms with Crippen molar-refractivity contribution in [2.45, 2.75) is 6.18 Å². The molecule has 0 atom stereocenters. The number of methoxy groups -OCH3 is 1. The summed E-state index contributed by atoms with van der Waals surface area (Å²) in [6.45, 7) is 0. The molecule has 0 aliphatic heterocycles. The molecule has 0 N–H and O–H groups in total. The van der Waals surface area contributed by atoms with Gasteiger partial charge in [0.25, 0.3) is 5.76 Å². The Hall–Kier alpha value is -4.34. The van der Waals surface area contributed by atoms with Gasteiger partial charge >= 0.3 is 12.1 Å². The predicted molar refractivity (Wildman–Crippen MR) is 112 cm³/mol. The Morgan fingerprint density at radius 1 is 0.912 bits per heavy atom. The Bertz CT molecular complexity index is 1420. The number of alkyl halides is 3. The molecule has 34 heavy (non-hydrogen) atoms. The molecule has 1 aromatic heterocycles. The third kappa shape index (κ3) is 4.70. The summed E-state index contributed by atoms with van der Waals surface area (Å²) >= 11 is 0. The number of halogens is 4. The number of fused-ring (bicyclic) bond motifs is 1. The second-order valence-corrected chi connectivity index (χ2v) is 6.92. The zero-order chi connectivity index (χ0) is 24.5. The molecular formula is C24H14F4O6. The third-order valence-electron chi connectivity index (χ3n) is 4.63. The van der Waals surface area contributed by atoms with Crippen LogP contribution in [0.5, 0.6) is 23.0 Å². The SMILES string of the molecule is COc1ccc(Oc2c(C(F)(F)F)oc3cc(OC(=O)c4cccc(F)c4)ccc3c2=O)cc1. The fourth-order valence-corrected chi connectivity index (χ4v) is 3.04. The van der Waals surface area contributed by atoms with Crippen LogP contribution < -0.4 is 19.6 Å². The van der Waals surface area contributed by atoms with Crippen molar-refractivity contribution < 1.29 is 41.0 Å². The lowest BCUT2D eigenvalue weighted by molar-refractivity contribution is -0.154. The maximum atomic E-state index is 13.7. The van der Waals surface area contributed by atoms with Crippen LogP contribution in [0, 0.1) is 5.82 Å². The maximum Gasteiger partial charge on any atom is 0.453 e. The number of hydrogen-bond acceptors (Lipinski definition) is 6. The second kappa shape index (κ2) is 8.89. The van der Waals surface area contributed by atoms with E-state index in [0.29, 0.717) is 5.75 Å². The quantitative estimate of drug-likeness (QED) is 0.202. The third-order valence-corrected chi connectivity index (χ3v) is 4.63. The Morgan fingerprint density at radius 2 is 1.59 bits per heavy atom. The average Bonchev–Trinajstić information content (AvgIpc) is 2.80. The minimum absolute atomic E-state index is 0.0430. The standard InChI is InChI=1S/C24H14F4O6/c1-31-15-5-7-16(8-6-15)32-21-20(29)18-10-9-17(12-19(18)34-22(21)24(26,27)28)33-23(30)13-3-2-4-14(25)11-13/h2-12H,1H3. The summed E-state index contributed by atoms with van der Waals surface area (Å²) in [5.74, 6) is -4.13. The first-order chi connectivity index (χ1) is 16.2. The zero-order valence-corrected chi connectivity index (χ0v) is 17.3. The Labute approximate surface area is 188 Å². The minimum atomic E-state index is -5.07. The van der Waals surface area contributed by atoms with Gasteiger partial charge in [0, 0.05) is 6.07 Å². The summed E-state index contributed by atoms with van der Waals surface area (Å²) in [7, 11) is 1.42. The van der Waals surface area contributed by atoms with Crippen molar-refractivity contribution in [3.05, 3.63) is 94.1 Å². The van der Waals surface area contributed by atoms with Crippen LogP contribution in [0.3, 0.4) is 0 Å². The van der Waals surface area contributed by atoms with Crippen LogP contribution in [0.2, 0.25) is 0 Å². The molecule has 6 nitrogen and oxygen atoms in total. The van der Waals surface area contributed by atoms with Crippen molar-refractivity contribution in [2.75, 3.05) is 7.11 Å². The van der Waals surface area contributed by atoms with E-state index in [1.807, 2.05) is 0 Å². The van der Waals surface area contributed by atoms with Crippen molar-refractivity contribution in [2.24, 2.45) is 0 Å². The van der Waals surface area contributed by atoms with Crippen molar-refractivity contribution >= 4 is 16.9 Å². The van der Waals surface area contributed by atoms with Gasteiger partial charge in [0.1, 0.15) is 28.6 Å². The number of rotatable bonds is 5. The summed E-state index contributed by atoms with van der Waals surface area (Å²) in [6, 6.07) is 13.5. The highest BCUT2D eigenvalue weighted by atomic mass is 19.4. The van der Waals surface area contributed by atoms with Gasteiger partial charge in [0.2, 0.25) is 11.2 Å². The van der Waals surface area contributed by atoms with Gasteiger partial charge in [-0.2, -0.15) is 13.2 Å². The van der Waals surface area contributed by atoms with Gasteiger partial charge in [-0.25, -0.2) is 9.18 Å². The summed E-state index contributed by atoms with van der Waals surface area (Å²) < 4.78 is 74.7. The Kier molecular flexibility index (Phi) is 5.97. The van der Waals surface area contributed by atoms with E-state index in [0.717, 1.165) is 24.3 Å². The molecule has 0 radical (unpaired) electrons.